The second-order valence-electron chi connectivity index (χ2n) is 8.06. The summed E-state index contributed by atoms with van der Waals surface area (Å²) in [7, 11) is 1.88. The molecule has 3 aromatic heterocycles. The molecule has 170 valence electrons. The molecule has 0 amide bonds. The van der Waals surface area contributed by atoms with Gasteiger partial charge in [0.05, 0.1) is 34.7 Å². The number of ether oxygens (including phenoxy) is 2. The van der Waals surface area contributed by atoms with Gasteiger partial charge in [-0.2, -0.15) is 10.1 Å². The van der Waals surface area contributed by atoms with Crippen LogP contribution in [-0.2, 0) is 0 Å². The molecular formula is C24H19ClN6O3. The summed E-state index contributed by atoms with van der Waals surface area (Å²) >= 11 is 6.03. The highest BCUT2D eigenvalue weighted by Gasteiger charge is 2.24. The van der Waals surface area contributed by atoms with E-state index in [0.29, 0.717) is 63.2 Å². The van der Waals surface area contributed by atoms with E-state index in [4.69, 9.17) is 26.1 Å². The molecule has 9 nitrogen and oxygen atoms in total. The Hall–Kier alpha value is -4.11. The second kappa shape index (κ2) is 8.03. The van der Waals surface area contributed by atoms with Crippen LogP contribution in [0.5, 0.6) is 11.5 Å². The molecule has 1 atom stereocenters. The lowest BCUT2D eigenvalue weighted by atomic mass is 10.2. The SMILES string of the molecule is CN(C[C@H]1COc2cc(Cl)ccc2O1)c1ncc2c3[nH]ncc3c(=O)n(-c3ccccc3)c2n1. The molecule has 34 heavy (non-hydrogen) atoms. The molecule has 1 aliphatic rings. The third-order valence-corrected chi connectivity index (χ3v) is 6.00. The van der Waals surface area contributed by atoms with Gasteiger partial charge in [-0.1, -0.05) is 29.8 Å². The average molecular weight is 475 g/mol. The van der Waals surface area contributed by atoms with Crippen LogP contribution in [0.4, 0.5) is 5.95 Å². The van der Waals surface area contributed by atoms with E-state index in [2.05, 4.69) is 15.2 Å². The molecule has 1 aliphatic heterocycles. The Balaban J connectivity index is 1.38. The first-order chi connectivity index (χ1) is 16.6. The van der Waals surface area contributed by atoms with E-state index in [0.717, 1.165) is 0 Å². The van der Waals surface area contributed by atoms with Crippen molar-refractivity contribution in [2.24, 2.45) is 0 Å². The Labute approximate surface area is 198 Å². The predicted octanol–water partition coefficient (Wildman–Crippen LogP) is 3.59. The normalized spacial score (nSPS) is 15.1. The van der Waals surface area contributed by atoms with Gasteiger partial charge in [0, 0.05) is 24.3 Å². The number of halogens is 1. The fourth-order valence-electron chi connectivity index (χ4n) is 4.15. The number of H-pyrrole nitrogens is 1. The second-order valence-corrected chi connectivity index (χ2v) is 8.50. The topological polar surface area (TPSA) is 98.2 Å². The maximum absolute atomic E-state index is 13.3. The van der Waals surface area contributed by atoms with Gasteiger partial charge in [-0.25, -0.2) is 4.98 Å². The number of anilines is 1. The van der Waals surface area contributed by atoms with E-state index in [-0.39, 0.29) is 11.7 Å². The molecule has 10 heteroatoms. The van der Waals surface area contributed by atoms with Gasteiger partial charge < -0.3 is 14.4 Å². The van der Waals surface area contributed by atoms with E-state index in [1.165, 1.54) is 6.20 Å². The van der Waals surface area contributed by atoms with Gasteiger partial charge in [0.1, 0.15) is 6.61 Å². The summed E-state index contributed by atoms with van der Waals surface area (Å²) < 4.78 is 13.5. The minimum Gasteiger partial charge on any atom is -0.486 e. The zero-order chi connectivity index (χ0) is 23.2. The lowest BCUT2D eigenvalue weighted by Gasteiger charge is -2.29. The monoisotopic (exact) mass is 474 g/mol. The number of fused-ring (bicyclic) bond motifs is 4. The van der Waals surface area contributed by atoms with Crippen molar-refractivity contribution in [3.63, 3.8) is 0 Å². The van der Waals surface area contributed by atoms with E-state index < -0.39 is 0 Å². The number of hydrogen-bond donors (Lipinski definition) is 1. The van der Waals surface area contributed by atoms with Gasteiger partial charge in [0.25, 0.3) is 5.56 Å². The third kappa shape index (κ3) is 3.41. The van der Waals surface area contributed by atoms with Crippen LogP contribution in [0.15, 0.2) is 65.7 Å². The number of aromatic nitrogens is 5. The van der Waals surface area contributed by atoms with Crippen LogP contribution in [0.2, 0.25) is 5.02 Å². The van der Waals surface area contributed by atoms with Gasteiger partial charge in [-0.15, -0.1) is 0 Å². The first-order valence-electron chi connectivity index (χ1n) is 10.7. The van der Waals surface area contributed by atoms with Crippen molar-refractivity contribution in [3.8, 4) is 17.2 Å². The van der Waals surface area contributed by atoms with Crippen LogP contribution >= 0.6 is 11.6 Å². The minimum atomic E-state index is -0.232. The summed E-state index contributed by atoms with van der Waals surface area (Å²) in [6.07, 6.45) is 3.01. The van der Waals surface area contributed by atoms with Crippen LogP contribution < -0.4 is 19.9 Å². The number of aromatic amines is 1. The smallest absolute Gasteiger partial charge is 0.267 e. The quantitative estimate of drug-likeness (QED) is 0.425. The number of pyridine rings is 1. The standard InChI is InChI=1S/C24H19ClN6O3/c1-30(12-16-13-33-20-9-14(25)7-8-19(20)34-16)24-26-10-17-21-18(11-27-29-21)23(32)31(22(17)28-24)15-5-3-2-4-6-15/h2-11,16H,12-13H2,1H3,(H,27,29)/t16-/m0/s1. The van der Waals surface area contributed by atoms with Gasteiger partial charge >= 0.3 is 0 Å². The number of para-hydroxylation sites is 1. The maximum atomic E-state index is 13.3. The highest BCUT2D eigenvalue weighted by atomic mass is 35.5. The Morgan fingerprint density at radius 3 is 2.85 bits per heavy atom. The van der Waals surface area contributed by atoms with Crippen molar-refractivity contribution in [1.82, 2.24) is 24.7 Å². The zero-order valence-corrected chi connectivity index (χ0v) is 18.9. The molecule has 1 N–H and O–H groups in total. The predicted molar refractivity (Wildman–Crippen MR) is 129 cm³/mol. The number of benzene rings is 2. The van der Waals surface area contributed by atoms with Crippen LogP contribution in [0.1, 0.15) is 0 Å². The molecule has 0 radical (unpaired) electrons. The van der Waals surface area contributed by atoms with Crippen LogP contribution in [-0.4, -0.2) is 51.0 Å². The number of rotatable bonds is 4. The largest absolute Gasteiger partial charge is 0.486 e. The van der Waals surface area contributed by atoms with Gasteiger partial charge in [0.2, 0.25) is 5.95 Å². The van der Waals surface area contributed by atoms with E-state index >= 15 is 0 Å². The number of likely N-dealkylation sites (N-methyl/N-ethyl adjacent to an activating group) is 1. The molecule has 0 saturated carbocycles. The van der Waals surface area contributed by atoms with Crippen molar-refractivity contribution in [2.45, 2.75) is 6.10 Å². The Bertz CT molecular complexity index is 1580. The summed E-state index contributed by atoms with van der Waals surface area (Å²) in [5, 5.41) is 8.75. The number of hydrogen-bond acceptors (Lipinski definition) is 7. The summed E-state index contributed by atoms with van der Waals surface area (Å²) in [6, 6.07) is 14.7. The summed E-state index contributed by atoms with van der Waals surface area (Å²) in [5.41, 5.74) is 1.62. The maximum Gasteiger partial charge on any atom is 0.267 e. The lowest BCUT2D eigenvalue weighted by molar-refractivity contribution is 0.0958. The minimum absolute atomic E-state index is 0.200. The highest BCUT2D eigenvalue weighted by Crippen LogP contribution is 2.34. The zero-order valence-electron chi connectivity index (χ0n) is 18.1. The van der Waals surface area contributed by atoms with E-state index in [1.54, 1.807) is 29.0 Å². The van der Waals surface area contributed by atoms with Crippen LogP contribution in [0.25, 0.3) is 27.6 Å². The summed E-state index contributed by atoms with van der Waals surface area (Å²) in [4.78, 5) is 24.5. The first-order valence-corrected chi connectivity index (χ1v) is 11.1. The van der Waals surface area contributed by atoms with Crippen LogP contribution in [0, 0.1) is 0 Å². The Kier molecular flexibility index (Phi) is 4.84. The van der Waals surface area contributed by atoms with Crippen molar-refractivity contribution in [2.75, 3.05) is 25.1 Å². The van der Waals surface area contributed by atoms with E-state index in [9.17, 15) is 4.79 Å². The molecule has 0 aliphatic carbocycles. The fourth-order valence-corrected chi connectivity index (χ4v) is 4.31. The average Bonchev–Trinajstić information content (AvgIpc) is 3.35. The number of nitrogens with zero attached hydrogens (tertiary/aromatic N) is 5. The molecule has 0 bridgehead atoms. The Morgan fingerprint density at radius 2 is 2.00 bits per heavy atom. The fraction of sp³-hybridized carbons (Fsp3) is 0.167. The molecule has 5 aromatic rings. The molecule has 4 heterocycles. The summed E-state index contributed by atoms with van der Waals surface area (Å²) in [5.74, 6) is 1.73. The van der Waals surface area contributed by atoms with Crippen LogP contribution in [0.3, 0.4) is 0 Å². The van der Waals surface area contributed by atoms with Gasteiger partial charge in [0.15, 0.2) is 23.3 Å². The highest BCUT2D eigenvalue weighted by molar-refractivity contribution is 6.30. The van der Waals surface area contributed by atoms with Gasteiger partial charge in [-0.3, -0.25) is 14.5 Å². The van der Waals surface area contributed by atoms with Crippen molar-refractivity contribution >= 4 is 39.5 Å². The molecule has 2 aromatic carbocycles. The molecular weight excluding hydrogens is 456 g/mol. The summed E-state index contributed by atoms with van der Waals surface area (Å²) in [6.45, 7) is 0.851. The van der Waals surface area contributed by atoms with Crippen molar-refractivity contribution in [3.05, 3.63) is 76.3 Å². The molecule has 6 rings (SSSR count). The molecule has 0 unspecified atom stereocenters. The lowest BCUT2D eigenvalue weighted by Crippen LogP contribution is -2.40. The first kappa shape index (κ1) is 20.5. The van der Waals surface area contributed by atoms with Gasteiger partial charge in [-0.05, 0) is 24.3 Å². The third-order valence-electron chi connectivity index (χ3n) is 5.77. The Morgan fingerprint density at radius 1 is 1.15 bits per heavy atom. The van der Waals surface area contributed by atoms with E-state index in [1.807, 2.05) is 42.3 Å². The number of nitrogens with one attached hydrogen (secondary N) is 1. The molecule has 0 fully saturated rings. The molecule has 0 saturated heterocycles. The van der Waals surface area contributed by atoms with Crippen molar-refractivity contribution in [1.29, 1.82) is 0 Å². The molecule has 0 spiro atoms. The van der Waals surface area contributed by atoms with Crippen molar-refractivity contribution < 1.29 is 9.47 Å².